The fourth-order valence-corrected chi connectivity index (χ4v) is 3.76. The molecule has 1 N–H and O–H groups in total. The number of aromatic nitrogens is 2. The number of nitrogens with zero attached hydrogens (tertiary/aromatic N) is 4. The van der Waals surface area contributed by atoms with Gasteiger partial charge in [0.15, 0.2) is 5.82 Å². The van der Waals surface area contributed by atoms with Gasteiger partial charge in [-0.05, 0) is 25.0 Å². The molecule has 4 rings (SSSR count). The van der Waals surface area contributed by atoms with Crippen LogP contribution in [0.4, 0.5) is 15.3 Å². The number of hydrogen-bond donors (Lipinski definition) is 1. The largest absolute Gasteiger partial charge is 0.439 e. The number of carbonyl (C=O) groups is 2. The van der Waals surface area contributed by atoms with E-state index in [0.717, 1.165) is 12.8 Å². The molecule has 2 aromatic rings. The first-order valence-corrected chi connectivity index (χ1v) is 9.42. The molecule has 1 unspecified atom stereocenters. The Balaban J connectivity index is 1.50. The molecule has 0 bridgehead atoms. The van der Waals surface area contributed by atoms with Crippen LogP contribution >= 0.6 is 0 Å². The minimum absolute atomic E-state index is 0.243. The smallest absolute Gasteiger partial charge is 0.410 e. The Morgan fingerprint density at radius 2 is 2.14 bits per heavy atom. The molecule has 2 saturated heterocycles. The zero-order valence-electron chi connectivity index (χ0n) is 16.0. The van der Waals surface area contributed by atoms with Gasteiger partial charge in [0, 0.05) is 20.0 Å². The van der Waals surface area contributed by atoms with Gasteiger partial charge in [-0.25, -0.2) is 9.59 Å². The highest BCUT2D eigenvalue weighted by atomic mass is 16.6. The van der Waals surface area contributed by atoms with Crippen molar-refractivity contribution in [1.29, 1.82) is 0 Å². The van der Waals surface area contributed by atoms with Crippen molar-refractivity contribution in [1.82, 2.24) is 19.9 Å². The normalized spacial score (nSPS) is 21.9. The number of piperidine rings is 1. The summed E-state index contributed by atoms with van der Waals surface area (Å²) in [6.07, 6.45) is 1.86. The van der Waals surface area contributed by atoms with Crippen LogP contribution in [-0.2, 0) is 11.2 Å². The summed E-state index contributed by atoms with van der Waals surface area (Å²) in [6.45, 7) is 3.42. The highest BCUT2D eigenvalue weighted by Gasteiger charge is 2.47. The van der Waals surface area contributed by atoms with E-state index in [0.29, 0.717) is 49.0 Å². The standard InChI is InChI=1S/C19H23N5O4/c1-3-15-21-16(28-22-15)13-7-4-5-8-14(13)20-17(25)24-10-6-9-19(12-24)11-23(2)18(26)27-19/h4-5,7-8H,3,6,9-12H2,1-2H3,(H,20,25). The molecule has 3 amide bonds. The van der Waals surface area contributed by atoms with Gasteiger partial charge in [-0.15, -0.1) is 0 Å². The molecule has 9 nitrogen and oxygen atoms in total. The molecule has 3 heterocycles. The van der Waals surface area contributed by atoms with Crippen molar-refractivity contribution in [2.24, 2.45) is 0 Å². The lowest BCUT2D eigenvalue weighted by Crippen LogP contribution is -2.53. The summed E-state index contributed by atoms with van der Waals surface area (Å²) in [6, 6.07) is 7.07. The number of likely N-dealkylation sites (N-methyl/N-ethyl adjacent to an activating group) is 1. The molecule has 28 heavy (non-hydrogen) atoms. The summed E-state index contributed by atoms with van der Waals surface area (Å²) >= 11 is 0. The molecular weight excluding hydrogens is 362 g/mol. The number of ether oxygens (including phenoxy) is 1. The van der Waals surface area contributed by atoms with Gasteiger partial charge in [0.1, 0.15) is 5.60 Å². The van der Waals surface area contributed by atoms with Crippen LogP contribution in [0, 0.1) is 0 Å². The zero-order chi connectivity index (χ0) is 19.7. The molecule has 1 aromatic carbocycles. The van der Waals surface area contributed by atoms with E-state index >= 15 is 0 Å². The minimum atomic E-state index is -0.622. The van der Waals surface area contributed by atoms with Crippen molar-refractivity contribution >= 4 is 17.8 Å². The molecule has 2 aliphatic heterocycles. The first-order valence-electron chi connectivity index (χ1n) is 9.42. The van der Waals surface area contributed by atoms with Crippen molar-refractivity contribution in [3.05, 3.63) is 30.1 Å². The van der Waals surface area contributed by atoms with Crippen LogP contribution in [0.3, 0.4) is 0 Å². The van der Waals surface area contributed by atoms with Gasteiger partial charge in [0.2, 0.25) is 0 Å². The lowest BCUT2D eigenvalue weighted by Gasteiger charge is -2.38. The molecule has 0 aliphatic carbocycles. The number of para-hydroxylation sites is 1. The summed E-state index contributed by atoms with van der Waals surface area (Å²) in [5, 5.41) is 6.86. The third-order valence-corrected chi connectivity index (χ3v) is 5.15. The van der Waals surface area contributed by atoms with Crippen molar-refractivity contribution < 1.29 is 18.8 Å². The van der Waals surface area contributed by atoms with Crippen LogP contribution < -0.4 is 5.32 Å². The second kappa shape index (κ2) is 7.14. The fraction of sp³-hybridized carbons (Fsp3) is 0.474. The SMILES string of the molecule is CCc1noc(-c2ccccc2NC(=O)N2CCCC3(CN(C)C(=O)O3)C2)n1. The minimum Gasteiger partial charge on any atom is -0.439 e. The Kier molecular flexibility index (Phi) is 4.66. The van der Waals surface area contributed by atoms with Crippen LogP contribution in [0.1, 0.15) is 25.6 Å². The van der Waals surface area contributed by atoms with Crippen LogP contribution in [0.2, 0.25) is 0 Å². The van der Waals surface area contributed by atoms with Gasteiger partial charge in [-0.1, -0.05) is 24.2 Å². The van der Waals surface area contributed by atoms with Crippen molar-refractivity contribution in [3.8, 4) is 11.5 Å². The van der Waals surface area contributed by atoms with E-state index in [1.807, 2.05) is 25.1 Å². The van der Waals surface area contributed by atoms with Gasteiger partial charge in [-0.2, -0.15) is 4.98 Å². The first-order chi connectivity index (χ1) is 13.5. The number of urea groups is 1. The monoisotopic (exact) mass is 385 g/mol. The Bertz CT molecular complexity index is 898. The molecule has 9 heteroatoms. The Labute approximate surface area is 162 Å². The molecule has 2 aliphatic rings. The summed E-state index contributed by atoms with van der Waals surface area (Å²) in [7, 11) is 1.71. The number of carbonyl (C=O) groups excluding carboxylic acids is 2. The van der Waals surface area contributed by atoms with Crippen molar-refractivity contribution in [2.75, 3.05) is 32.0 Å². The molecule has 1 aromatic heterocycles. The Hall–Kier alpha value is -3.10. The van der Waals surface area contributed by atoms with E-state index in [1.54, 1.807) is 22.9 Å². The van der Waals surface area contributed by atoms with E-state index in [4.69, 9.17) is 9.26 Å². The predicted octanol–water partition coefficient (Wildman–Crippen LogP) is 2.75. The zero-order valence-corrected chi connectivity index (χ0v) is 16.0. The van der Waals surface area contributed by atoms with Crippen molar-refractivity contribution in [3.63, 3.8) is 0 Å². The van der Waals surface area contributed by atoms with E-state index in [1.165, 1.54) is 0 Å². The highest BCUT2D eigenvalue weighted by Crippen LogP contribution is 2.32. The summed E-state index contributed by atoms with van der Waals surface area (Å²) in [5.74, 6) is 0.982. The molecule has 1 spiro atoms. The maximum atomic E-state index is 12.9. The fourth-order valence-electron chi connectivity index (χ4n) is 3.76. The maximum Gasteiger partial charge on any atom is 0.410 e. The van der Waals surface area contributed by atoms with Gasteiger partial charge in [-0.3, -0.25) is 0 Å². The number of nitrogens with one attached hydrogen (secondary N) is 1. The molecule has 0 radical (unpaired) electrons. The lowest BCUT2D eigenvalue weighted by molar-refractivity contribution is 0.00497. The third kappa shape index (κ3) is 3.39. The molecule has 1 atom stereocenters. The topological polar surface area (TPSA) is 101 Å². The van der Waals surface area contributed by atoms with Crippen LogP contribution in [0.15, 0.2) is 28.8 Å². The molecule has 0 saturated carbocycles. The quantitative estimate of drug-likeness (QED) is 0.872. The summed E-state index contributed by atoms with van der Waals surface area (Å²) in [5.41, 5.74) is 0.643. The van der Waals surface area contributed by atoms with E-state index in [9.17, 15) is 9.59 Å². The second-order valence-electron chi connectivity index (χ2n) is 7.28. The number of rotatable bonds is 3. The van der Waals surface area contributed by atoms with Gasteiger partial charge < -0.3 is 24.4 Å². The van der Waals surface area contributed by atoms with Gasteiger partial charge in [0.25, 0.3) is 5.89 Å². The van der Waals surface area contributed by atoms with Gasteiger partial charge >= 0.3 is 12.1 Å². The Morgan fingerprint density at radius 1 is 1.32 bits per heavy atom. The average Bonchev–Trinajstić information content (AvgIpc) is 3.27. The lowest BCUT2D eigenvalue weighted by atomic mass is 9.93. The number of hydrogen-bond acceptors (Lipinski definition) is 6. The number of anilines is 1. The average molecular weight is 385 g/mol. The van der Waals surface area contributed by atoms with E-state index in [2.05, 4.69) is 15.5 Å². The van der Waals surface area contributed by atoms with E-state index in [-0.39, 0.29) is 12.1 Å². The van der Waals surface area contributed by atoms with Gasteiger partial charge in [0.05, 0.1) is 24.3 Å². The Morgan fingerprint density at radius 3 is 2.86 bits per heavy atom. The van der Waals surface area contributed by atoms with E-state index < -0.39 is 5.60 Å². The summed E-state index contributed by atoms with van der Waals surface area (Å²) in [4.78, 5) is 32.3. The van der Waals surface area contributed by atoms with Crippen LogP contribution in [0.5, 0.6) is 0 Å². The number of benzene rings is 1. The molecule has 148 valence electrons. The molecular formula is C19H23N5O4. The second-order valence-corrected chi connectivity index (χ2v) is 7.28. The number of amides is 3. The number of aryl methyl sites for hydroxylation is 1. The first kappa shape index (κ1) is 18.3. The number of likely N-dealkylation sites (tertiary alicyclic amines) is 1. The maximum absolute atomic E-state index is 12.9. The van der Waals surface area contributed by atoms with Crippen LogP contribution in [0.25, 0.3) is 11.5 Å². The van der Waals surface area contributed by atoms with Crippen LogP contribution in [-0.4, -0.2) is 64.3 Å². The molecule has 2 fully saturated rings. The third-order valence-electron chi connectivity index (χ3n) is 5.15. The summed E-state index contributed by atoms with van der Waals surface area (Å²) < 4.78 is 10.9. The van der Waals surface area contributed by atoms with Crippen molar-refractivity contribution in [2.45, 2.75) is 31.8 Å². The predicted molar refractivity (Wildman–Crippen MR) is 101 cm³/mol. The highest BCUT2D eigenvalue weighted by molar-refractivity contribution is 5.93.